The molecule has 0 bridgehead atoms. The molecule has 0 spiro atoms. The number of rotatable bonds is 6. The number of esters is 1. The Balaban J connectivity index is 1.56. The van der Waals surface area contributed by atoms with Crippen LogP contribution in [0.15, 0.2) is 29.6 Å². The molecule has 3 rings (SSSR count). The number of nitrogens with zero attached hydrogens (tertiary/aromatic N) is 2. The Morgan fingerprint density at radius 2 is 1.93 bits per heavy atom. The van der Waals surface area contributed by atoms with Crippen LogP contribution in [0.5, 0.6) is 0 Å². The van der Waals surface area contributed by atoms with E-state index in [9.17, 15) is 14.4 Å². The highest BCUT2D eigenvalue weighted by molar-refractivity contribution is 7.13. The number of nitrogens with one attached hydrogen (secondary N) is 1. The first kappa shape index (κ1) is 20.0. The number of carbonyl (C=O) groups is 3. The van der Waals surface area contributed by atoms with E-state index in [0.717, 1.165) is 15.5 Å². The third kappa shape index (κ3) is 4.22. The van der Waals surface area contributed by atoms with Crippen LogP contribution in [0.25, 0.3) is 10.6 Å². The zero-order valence-corrected chi connectivity index (χ0v) is 17.1. The maximum atomic E-state index is 12.1. The van der Waals surface area contributed by atoms with Gasteiger partial charge in [0.2, 0.25) is 0 Å². The van der Waals surface area contributed by atoms with Gasteiger partial charge in [0.1, 0.15) is 23.7 Å². The highest BCUT2D eigenvalue weighted by Gasteiger charge is 2.45. The van der Waals surface area contributed by atoms with Crippen molar-refractivity contribution in [2.45, 2.75) is 45.8 Å². The van der Waals surface area contributed by atoms with E-state index in [2.05, 4.69) is 36.3 Å². The quantitative estimate of drug-likeness (QED) is 0.593. The Hall–Kier alpha value is -2.74. The first-order valence-corrected chi connectivity index (χ1v) is 9.90. The van der Waals surface area contributed by atoms with E-state index in [0.29, 0.717) is 11.6 Å². The summed E-state index contributed by atoms with van der Waals surface area (Å²) in [5, 5.41) is 5.20. The number of amides is 3. The van der Waals surface area contributed by atoms with Crippen LogP contribution in [0, 0.1) is 0 Å². The number of hydrogen-bond acceptors (Lipinski definition) is 6. The molecule has 7 nitrogen and oxygen atoms in total. The van der Waals surface area contributed by atoms with Crippen molar-refractivity contribution < 1.29 is 19.1 Å². The molecule has 1 saturated heterocycles. The van der Waals surface area contributed by atoms with Gasteiger partial charge in [0, 0.05) is 10.9 Å². The molecule has 28 heavy (non-hydrogen) atoms. The van der Waals surface area contributed by atoms with E-state index in [-0.39, 0.29) is 6.61 Å². The molecular formula is C20H23N3O4S. The van der Waals surface area contributed by atoms with Crippen LogP contribution >= 0.6 is 11.3 Å². The fourth-order valence-electron chi connectivity index (χ4n) is 2.81. The van der Waals surface area contributed by atoms with E-state index in [1.165, 1.54) is 16.9 Å². The molecule has 3 amide bonds. The summed E-state index contributed by atoms with van der Waals surface area (Å²) >= 11 is 1.47. The largest absolute Gasteiger partial charge is 0.458 e. The smallest absolute Gasteiger partial charge is 0.326 e. The minimum Gasteiger partial charge on any atom is -0.458 e. The molecule has 8 heteroatoms. The summed E-state index contributed by atoms with van der Waals surface area (Å²) in [6.45, 7) is 7.04. The molecule has 0 aliphatic carbocycles. The van der Waals surface area contributed by atoms with Gasteiger partial charge in [-0.25, -0.2) is 9.78 Å². The average molecular weight is 401 g/mol. The second kappa shape index (κ2) is 7.71. The summed E-state index contributed by atoms with van der Waals surface area (Å²) in [5.74, 6) is -0.636. The number of imide groups is 1. The van der Waals surface area contributed by atoms with Gasteiger partial charge in [-0.15, -0.1) is 11.3 Å². The molecule has 1 N–H and O–H groups in total. The first-order valence-electron chi connectivity index (χ1n) is 9.02. The van der Waals surface area contributed by atoms with Crippen LogP contribution in [-0.2, 0) is 20.9 Å². The second-order valence-corrected chi connectivity index (χ2v) is 8.39. The number of carbonyl (C=O) groups excluding carboxylic acids is 3. The molecule has 2 aromatic rings. The van der Waals surface area contributed by atoms with Crippen LogP contribution < -0.4 is 5.32 Å². The van der Waals surface area contributed by atoms with E-state index >= 15 is 0 Å². The standard InChI is InChI=1S/C20H23N3O4S/c1-12(2)13-5-7-14(8-6-13)17-21-15(11-28-17)10-27-16(24)9-23-18(25)20(3,4)22-19(23)26/h5-8,11-12H,9-10H2,1-4H3,(H,22,26). The van der Waals surface area contributed by atoms with Crippen molar-refractivity contribution in [2.75, 3.05) is 6.54 Å². The molecule has 1 fully saturated rings. The molecule has 0 radical (unpaired) electrons. The van der Waals surface area contributed by atoms with Gasteiger partial charge in [0.05, 0.1) is 5.69 Å². The van der Waals surface area contributed by atoms with Crippen molar-refractivity contribution in [3.05, 3.63) is 40.9 Å². The second-order valence-electron chi connectivity index (χ2n) is 7.53. The molecule has 0 unspecified atom stereocenters. The third-order valence-electron chi connectivity index (χ3n) is 4.49. The zero-order valence-electron chi connectivity index (χ0n) is 16.3. The van der Waals surface area contributed by atoms with Gasteiger partial charge in [0.25, 0.3) is 5.91 Å². The minimum atomic E-state index is -1.01. The van der Waals surface area contributed by atoms with Crippen LogP contribution in [0.3, 0.4) is 0 Å². The van der Waals surface area contributed by atoms with Gasteiger partial charge in [-0.2, -0.15) is 0 Å². The molecule has 2 heterocycles. The number of benzene rings is 1. The molecule has 0 saturated carbocycles. The Bertz CT molecular complexity index is 902. The number of aromatic nitrogens is 1. The van der Waals surface area contributed by atoms with Crippen LogP contribution in [0.2, 0.25) is 0 Å². The fourth-order valence-corrected chi connectivity index (χ4v) is 3.62. The van der Waals surface area contributed by atoms with Crippen molar-refractivity contribution in [3.8, 4) is 10.6 Å². The Morgan fingerprint density at radius 1 is 1.25 bits per heavy atom. The highest BCUT2D eigenvalue weighted by Crippen LogP contribution is 2.26. The highest BCUT2D eigenvalue weighted by atomic mass is 32.1. The van der Waals surface area contributed by atoms with Crippen molar-refractivity contribution in [1.82, 2.24) is 15.2 Å². The predicted molar refractivity (Wildman–Crippen MR) is 106 cm³/mol. The third-order valence-corrected chi connectivity index (χ3v) is 5.43. The van der Waals surface area contributed by atoms with Crippen molar-refractivity contribution in [2.24, 2.45) is 0 Å². The van der Waals surface area contributed by atoms with Gasteiger partial charge in [0.15, 0.2) is 0 Å². The van der Waals surface area contributed by atoms with Crippen LogP contribution in [0.1, 0.15) is 44.9 Å². The topological polar surface area (TPSA) is 88.6 Å². The van der Waals surface area contributed by atoms with Gasteiger partial charge in [-0.05, 0) is 25.3 Å². The van der Waals surface area contributed by atoms with E-state index < -0.39 is 30.0 Å². The predicted octanol–water partition coefficient (Wildman–Crippen LogP) is 3.31. The lowest BCUT2D eigenvalue weighted by Gasteiger charge is -2.15. The first-order chi connectivity index (χ1) is 13.2. The normalized spacial score (nSPS) is 15.8. The summed E-state index contributed by atoms with van der Waals surface area (Å²) in [7, 11) is 0. The molecule has 1 aromatic carbocycles. The van der Waals surface area contributed by atoms with Crippen molar-refractivity contribution >= 4 is 29.2 Å². The minimum absolute atomic E-state index is 0.00749. The molecule has 1 aliphatic rings. The lowest BCUT2D eigenvalue weighted by molar-refractivity contribution is -0.148. The molecule has 1 aromatic heterocycles. The number of ether oxygens (including phenoxy) is 1. The Morgan fingerprint density at radius 3 is 2.50 bits per heavy atom. The lowest BCUT2D eigenvalue weighted by atomic mass is 10.0. The van der Waals surface area contributed by atoms with Gasteiger partial charge >= 0.3 is 12.0 Å². The average Bonchev–Trinajstić information content (AvgIpc) is 3.19. The maximum Gasteiger partial charge on any atom is 0.326 e. The van der Waals surface area contributed by atoms with Gasteiger partial charge < -0.3 is 10.1 Å². The molecule has 148 valence electrons. The van der Waals surface area contributed by atoms with E-state index in [4.69, 9.17) is 4.74 Å². The van der Waals surface area contributed by atoms with Crippen LogP contribution in [0.4, 0.5) is 4.79 Å². The number of urea groups is 1. The van der Waals surface area contributed by atoms with Gasteiger partial charge in [-0.3, -0.25) is 14.5 Å². The van der Waals surface area contributed by atoms with E-state index in [1.54, 1.807) is 13.8 Å². The fraction of sp³-hybridized carbons (Fsp3) is 0.400. The van der Waals surface area contributed by atoms with E-state index in [1.807, 2.05) is 17.5 Å². The molecular weight excluding hydrogens is 378 g/mol. The lowest BCUT2D eigenvalue weighted by Crippen LogP contribution is -2.41. The summed E-state index contributed by atoms with van der Waals surface area (Å²) in [6, 6.07) is 7.64. The Kier molecular flexibility index (Phi) is 5.51. The maximum absolute atomic E-state index is 12.1. The van der Waals surface area contributed by atoms with Crippen molar-refractivity contribution in [3.63, 3.8) is 0 Å². The Labute approximate surface area is 167 Å². The number of hydrogen-bond donors (Lipinski definition) is 1. The SMILES string of the molecule is CC(C)c1ccc(-c2nc(COC(=O)CN3C(=O)NC(C)(C)C3=O)cs2)cc1. The molecule has 1 aliphatic heterocycles. The summed E-state index contributed by atoms with van der Waals surface area (Å²) in [6.07, 6.45) is 0. The summed E-state index contributed by atoms with van der Waals surface area (Å²) < 4.78 is 5.19. The summed E-state index contributed by atoms with van der Waals surface area (Å²) in [4.78, 5) is 41.3. The van der Waals surface area contributed by atoms with Crippen molar-refractivity contribution in [1.29, 1.82) is 0 Å². The summed E-state index contributed by atoms with van der Waals surface area (Å²) in [5.41, 5.74) is 1.89. The molecule has 0 atom stereocenters. The monoisotopic (exact) mass is 401 g/mol. The van der Waals surface area contributed by atoms with Crippen LogP contribution in [-0.4, -0.2) is 39.9 Å². The zero-order chi connectivity index (χ0) is 20.5. The van der Waals surface area contributed by atoms with Gasteiger partial charge in [-0.1, -0.05) is 38.1 Å². The number of thiazole rings is 1.